The van der Waals surface area contributed by atoms with Crippen molar-refractivity contribution in [2.45, 2.75) is 33.1 Å². The fourth-order valence-corrected chi connectivity index (χ4v) is 1.80. The Morgan fingerprint density at radius 2 is 2.36 bits per heavy atom. The van der Waals surface area contributed by atoms with Gasteiger partial charge in [-0.25, -0.2) is 4.98 Å². The Balaban J connectivity index is 2.34. The second-order valence-electron chi connectivity index (χ2n) is 3.60. The van der Waals surface area contributed by atoms with Crippen molar-refractivity contribution in [3.63, 3.8) is 0 Å². The molecule has 0 unspecified atom stereocenters. The third kappa shape index (κ3) is 1.17. The summed E-state index contributed by atoms with van der Waals surface area (Å²) in [6, 6.07) is 0. The normalized spacial score (nSPS) is 23.3. The van der Waals surface area contributed by atoms with Gasteiger partial charge in [-0.1, -0.05) is 6.92 Å². The first kappa shape index (κ1) is 6.89. The molecule has 1 aromatic rings. The van der Waals surface area contributed by atoms with Crippen LogP contribution in [0.2, 0.25) is 0 Å². The Kier molecular flexibility index (Phi) is 1.48. The highest BCUT2D eigenvalue weighted by molar-refractivity contribution is 5.17. The molecule has 0 fully saturated rings. The number of hydrogen-bond acceptors (Lipinski definition) is 1. The zero-order chi connectivity index (χ0) is 7.84. The number of nitrogens with one attached hydrogen (secondary N) is 1. The van der Waals surface area contributed by atoms with E-state index < -0.39 is 0 Å². The van der Waals surface area contributed by atoms with Crippen LogP contribution in [0.25, 0.3) is 0 Å². The van der Waals surface area contributed by atoms with Crippen LogP contribution in [0.1, 0.15) is 30.6 Å². The van der Waals surface area contributed by atoms with Crippen molar-refractivity contribution in [3.8, 4) is 0 Å². The van der Waals surface area contributed by atoms with Gasteiger partial charge in [0.2, 0.25) is 0 Å². The van der Waals surface area contributed by atoms with Crippen LogP contribution >= 0.6 is 0 Å². The molecule has 0 saturated carbocycles. The molecule has 0 radical (unpaired) electrons. The summed E-state index contributed by atoms with van der Waals surface area (Å²) in [4.78, 5) is 7.75. The fourth-order valence-electron chi connectivity index (χ4n) is 1.80. The van der Waals surface area contributed by atoms with Crippen molar-refractivity contribution in [3.05, 3.63) is 17.2 Å². The Bertz CT molecular complexity index is 263. The van der Waals surface area contributed by atoms with Gasteiger partial charge in [-0.2, -0.15) is 0 Å². The molecule has 0 spiro atoms. The monoisotopic (exact) mass is 150 g/mol. The van der Waals surface area contributed by atoms with Crippen molar-refractivity contribution in [2.75, 3.05) is 0 Å². The summed E-state index contributed by atoms with van der Waals surface area (Å²) in [6.07, 6.45) is 3.66. The standard InChI is InChI=1S/C9H14N2/c1-6-3-4-8-9(5-6)11-7(2)10-8/h6H,3-5H2,1-2H3,(H,10,11)/t6-/m0/s1. The molecular weight excluding hydrogens is 136 g/mol. The number of rotatable bonds is 0. The third-order valence-corrected chi connectivity index (χ3v) is 2.41. The average molecular weight is 150 g/mol. The van der Waals surface area contributed by atoms with Crippen molar-refractivity contribution < 1.29 is 0 Å². The quantitative estimate of drug-likeness (QED) is 0.600. The number of hydrogen-bond donors (Lipinski definition) is 1. The number of fused-ring (bicyclic) bond motifs is 1. The van der Waals surface area contributed by atoms with E-state index in [4.69, 9.17) is 0 Å². The molecule has 0 aromatic carbocycles. The maximum Gasteiger partial charge on any atom is 0.103 e. The van der Waals surface area contributed by atoms with Gasteiger partial charge in [0.1, 0.15) is 5.82 Å². The minimum atomic E-state index is 0.836. The van der Waals surface area contributed by atoms with Crippen molar-refractivity contribution in [2.24, 2.45) is 5.92 Å². The number of aromatic nitrogens is 2. The topological polar surface area (TPSA) is 28.7 Å². The average Bonchev–Trinajstić information content (AvgIpc) is 2.27. The van der Waals surface area contributed by atoms with Crippen LogP contribution in [0.15, 0.2) is 0 Å². The minimum absolute atomic E-state index is 0.836. The van der Waals surface area contributed by atoms with E-state index in [1.807, 2.05) is 6.92 Å². The summed E-state index contributed by atoms with van der Waals surface area (Å²) in [5, 5.41) is 0. The molecule has 1 atom stereocenters. The first-order valence-corrected chi connectivity index (χ1v) is 4.30. The Morgan fingerprint density at radius 3 is 3.18 bits per heavy atom. The molecule has 1 N–H and O–H groups in total. The first-order valence-electron chi connectivity index (χ1n) is 4.30. The largest absolute Gasteiger partial charge is 0.346 e. The van der Waals surface area contributed by atoms with E-state index >= 15 is 0 Å². The Morgan fingerprint density at radius 1 is 1.55 bits per heavy atom. The predicted octanol–water partition coefficient (Wildman–Crippen LogP) is 1.84. The highest BCUT2D eigenvalue weighted by atomic mass is 14.9. The summed E-state index contributed by atoms with van der Waals surface area (Å²) < 4.78 is 0. The minimum Gasteiger partial charge on any atom is -0.346 e. The lowest BCUT2D eigenvalue weighted by molar-refractivity contribution is 0.492. The molecule has 11 heavy (non-hydrogen) atoms. The highest BCUT2D eigenvalue weighted by Crippen LogP contribution is 2.22. The van der Waals surface area contributed by atoms with Gasteiger partial charge < -0.3 is 4.98 Å². The van der Waals surface area contributed by atoms with E-state index in [0.29, 0.717) is 0 Å². The molecule has 0 amide bonds. The van der Waals surface area contributed by atoms with Crippen LogP contribution in [-0.2, 0) is 12.8 Å². The number of aryl methyl sites for hydroxylation is 2. The van der Waals surface area contributed by atoms with Gasteiger partial charge in [0.15, 0.2) is 0 Å². The molecular formula is C9H14N2. The number of imidazole rings is 1. The number of nitrogens with zero attached hydrogens (tertiary/aromatic N) is 1. The van der Waals surface area contributed by atoms with E-state index in [1.165, 1.54) is 30.7 Å². The van der Waals surface area contributed by atoms with Crippen LogP contribution < -0.4 is 0 Å². The van der Waals surface area contributed by atoms with Crippen LogP contribution in [0.3, 0.4) is 0 Å². The highest BCUT2D eigenvalue weighted by Gasteiger charge is 2.17. The van der Waals surface area contributed by atoms with Crippen molar-refractivity contribution in [1.29, 1.82) is 0 Å². The molecule has 2 rings (SSSR count). The molecule has 2 nitrogen and oxygen atoms in total. The van der Waals surface area contributed by atoms with E-state index in [0.717, 1.165) is 11.7 Å². The zero-order valence-corrected chi connectivity index (χ0v) is 7.15. The summed E-state index contributed by atoms with van der Waals surface area (Å²) in [7, 11) is 0. The molecule has 0 bridgehead atoms. The Labute approximate surface area is 67.0 Å². The molecule has 2 heteroatoms. The summed E-state index contributed by atoms with van der Waals surface area (Å²) in [5.74, 6) is 1.91. The van der Waals surface area contributed by atoms with Gasteiger partial charge in [0.05, 0.1) is 5.69 Å². The number of H-pyrrole nitrogens is 1. The van der Waals surface area contributed by atoms with E-state index in [-0.39, 0.29) is 0 Å². The predicted molar refractivity (Wildman–Crippen MR) is 44.5 cm³/mol. The lowest BCUT2D eigenvalue weighted by atomic mass is 9.92. The van der Waals surface area contributed by atoms with Crippen LogP contribution in [0.5, 0.6) is 0 Å². The summed E-state index contributed by atoms with van der Waals surface area (Å²) in [6.45, 7) is 4.34. The van der Waals surface area contributed by atoms with Gasteiger partial charge >= 0.3 is 0 Å². The van der Waals surface area contributed by atoms with Crippen LogP contribution in [-0.4, -0.2) is 9.97 Å². The van der Waals surface area contributed by atoms with E-state index in [2.05, 4.69) is 16.9 Å². The van der Waals surface area contributed by atoms with Gasteiger partial charge in [-0.3, -0.25) is 0 Å². The lowest BCUT2D eigenvalue weighted by Gasteiger charge is -2.15. The summed E-state index contributed by atoms with van der Waals surface area (Å²) >= 11 is 0. The first-order chi connectivity index (χ1) is 5.25. The molecule has 1 aliphatic rings. The number of aromatic amines is 1. The second kappa shape index (κ2) is 2.36. The third-order valence-electron chi connectivity index (χ3n) is 2.41. The van der Waals surface area contributed by atoms with Gasteiger partial charge in [0.25, 0.3) is 0 Å². The maximum absolute atomic E-state index is 4.43. The molecule has 0 saturated heterocycles. The SMILES string of the molecule is Cc1nc2c([nH]1)C[C@@H](C)CC2. The molecule has 60 valence electrons. The zero-order valence-electron chi connectivity index (χ0n) is 7.15. The van der Waals surface area contributed by atoms with E-state index in [1.54, 1.807) is 0 Å². The van der Waals surface area contributed by atoms with Gasteiger partial charge in [-0.05, 0) is 32.1 Å². The van der Waals surface area contributed by atoms with Gasteiger partial charge in [0, 0.05) is 5.69 Å². The fraction of sp³-hybridized carbons (Fsp3) is 0.667. The molecule has 1 aromatic heterocycles. The van der Waals surface area contributed by atoms with Crippen LogP contribution in [0, 0.1) is 12.8 Å². The second-order valence-corrected chi connectivity index (χ2v) is 3.60. The Hall–Kier alpha value is -0.790. The van der Waals surface area contributed by atoms with Crippen molar-refractivity contribution in [1.82, 2.24) is 9.97 Å². The van der Waals surface area contributed by atoms with Gasteiger partial charge in [-0.15, -0.1) is 0 Å². The van der Waals surface area contributed by atoms with Crippen LogP contribution in [0.4, 0.5) is 0 Å². The smallest absolute Gasteiger partial charge is 0.103 e. The molecule has 1 heterocycles. The van der Waals surface area contributed by atoms with E-state index in [9.17, 15) is 0 Å². The lowest BCUT2D eigenvalue weighted by Crippen LogP contribution is -2.10. The molecule has 1 aliphatic carbocycles. The summed E-state index contributed by atoms with van der Waals surface area (Å²) in [5.41, 5.74) is 2.68. The van der Waals surface area contributed by atoms with Crippen molar-refractivity contribution >= 4 is 0 Å². The maximum atomic E-state index is 4.43. The molecule has 0 aliphatic heterocycles.